The molecule has 17 heavy (non-hydrogen) atoms. The summed E-state index contributed by atoms with van der Waals surface area (Å²) in [7, 11) is 0. The first-order chi connectivity index (χ1) is 8.36. The summed E-state index contributed by atoms with van der Waals surface area (Å²) in [5.41, 5.74) is 1.18. The Kier molecular flexibility index (Phi) is 2.58. The number of carbonyl (C=O) groups is 1. The van der Waals surface area contributed by atoms with Gasteiger partial charge >= 0.3 is 0 Å². The Morgan fingerprint density at radius 2 is 2.29 bits per heavy atom. The first kappa shape index (κ1) is 10.4. The maximum Gasteiger partial charge on any atom is 0.200 e. The Balaban J connectivity index is 1.97. The van der Waals surface area contributed by atoms with Gasteiger partial charge in [0.05, 0.1) is 6.04 Å². The molecule has 6 nitrogen and oxygen atoms in total. The molecule has 2 aromatic heterocycles. The monoisotopic (exact) mass is 231 g/mol. The Morgan fingerprint density at radius 1 is 1.35 bits per heavy atom. The van der Waals surface area contributed by atoms with Gasteiger partial charge in [-0.1, -0.05) is 0 Å². The molecule has 3 rings (SSSR count). The van der Waals surface area contributed by atoms with Gasteiger partial charge in [0, 0.05) is 31.2 Å². The minimum absolute atomic E-state index is 0.0178. The largest absolute Gasteiger partial charge is 0.346 e. The molecule has 0 saturated carbocycles. The van der Waals surface area contributed by atoms with Crippen molar-refractivity contribution in [3.8, 4) is 0 Å². The number of fused-ring (bicyclic) bond motifs is 1. The fourth-order valence-electron chi connectivity index (χ4n) is 2.07. The molecule has 2 aromatic rings. The lowest BCUT2D eigenvalue weighted by Gasteiger charge is -2.22. The highest BCUT2D eigenvalue weighted by molar-refractivity contribution is 6.07. The second kappa shape index (κ2) is 4.23. The van der Waals surface area contributed by atoms with Crippen LogP contribution in [0, 0.1) is 0 Å². The number of aromatic amines is 1. The van der Waals surface area contributed by atoms with Gasteiger partial charge < -0.3 is 15.6 Å². The average Bonchev–Trinajstić information content (AvgIpc) is 2.87. The highest BCUT2D eigenvalue weighted by Gasteiger charge is 2.24. The predicted molar refractivity (Wildman–Crippen MR) is 62.9 cm³/mol. The van der Waals surface area contributed by atoms with E-state index in [9.17, 15) is 4.79 Å². The van der Waals surface area contributed by atoms with Crippen LogP contribution in [0.4, 0.5) is 0 Å². The Morgan fingerprint density at radius 3 is 3.12 bits per heavy atom. The molecule has 1 fully saturated rings. The third-order valence-corrected chi connectivity index (χ3v) is 2.94. The van der Waals surface area contributed by atoms with Crippen LogP contribution < -0.4 is 10.6 Å². The third kappa shape index (κ3) is 1.81. The average molecular weight is 231 g/mol. The zero-order valence-electron chi connectivity index (χ0n) is 9.23. The molecule has 1 saturated heterocycles. The maximum atomic E-state index is 12.3. The van der Waals surface area contributed by atoms with E-state index in [4.69, 9.17) is 0 Å². The number of aromatic nitrogens is 3. The number of carbonyl (C=O) groups excluding carboxylic acids is 1. The molecule has 0 spiro atoms. The van der Waals surface area contributed by atoms with Gasteiger partial charge in [-0.05, 0) is 6.07 Å². The van der Waals surface area contributed by atoms with Crippen LogP contribution in [0.25, 0.3) is 11.0 Å². The number of ketones is 1. The van der Waals surface area contributed by atoms with E-state index >= 15 is 0 Å². The van der Waals surface area contributed by atoms with Crippen molar-refractivity contribution in [2.45, 2.75) is 6.04 Å². The van der Waals surface area contributed by atoms with Crippen LogP contribution >= 0.6 is 0 Å². The molecule has 0 aliphatic carbocycles. The van der Waals surface area contributed by atoms with Gasteiger partial charge in [-0.2, -0.15) is 0 Å². The molecule has 3 N–H and O–H groups in total. The van der Waals surface area contributed by atoms with Crippen molar-refractivity contribution in [2.75, 3.05) is 19.6 Å². The lowest BCUT2D eigenvalue weighted by molar-refractivity contribution is 0.0931. The highest BCUT2D eigenvalue weighted by atomic mass is 16.1. The number of Topliss-reactive ketones (excluding diaryl/α,β-unsaturated/α-hetero) is 1. The minimum Gasteiger partial charge on any atom is -0.346 e. The minimum atomic E-state index is -0.197. The van der Waals surface area contributed by atoms with E-state index in [1.54, 1.807) is 6.20 Å². The third-order valence-electron chi connectivity index (χ3n) is 2.94. The summed E-state index contributed by atoms with van der Waals surface area (Å²) in [6, 6.07) is 1.63. The second-order valence-corrected chi connectivity index (χ2v) is 4.04. The summed E-state index contributed by atoms with van der Waals surface area (Å²) in [5.74, 6) is 0.0178. The van der Waals surface area contributed by atoms with E-state index in [2.05, 4.69) is 25.6 Å². The van der Waals surface area contributed by atoms with Crippen LogP contribution in [0.1, 0.15) is 10.5 Å². The normalized spacial score (nSPS) is 20.6. The zero-order valence-corrected chi connectivity index (χ0v) is 9.23. The topological polar surface area (TPSA) is 82.7 Å². The van der Waals surface area contributed by atoms with Crippen molar-refractivity contribution < 1.29 is 4.79 Å². The van der Waals surface area contributed by atoms with Crippen LogP contribution in [0.5, 0.6) is 0 Å². The smallest absolute Gasteiger partial charge is 0.200 e. The first-order valence-electron chi connectivity index (χ1n) is 5.62. The summed E-state index contributed by atoms with van der Waals surface area (Å²) in [6.07, 6.45) is 3.19. The molecule has 88 valence electrons. The van der Waals surface area contributed by atoms with Crippen molar-refractivity contribution >= 4 is 16.8 Å². The Hall–Kier alpha value is -1.79. The van der Waals surface area contributed by atoms with Gasteiger partial charge in [-0.15, -0.1) is 0 Å². The fourth-order valence-corrected chi connectivity index (χ4v) is 2.07. The molecule has 0 radical (unpaired) electrons. The first-order valence-corrected chi connectivity index (χ1v) is 5.62. The fraction of sp³-hybridized carbons (Fsp3) is 0.364. The molecule has 1 unspecified atom stereocenters. The lowest BCUT2D eigenvalue weighted by Crippen LogP contribution is -2.52. The predicted octanol–water partition coefficient (Wildman–Crippen LogP) is -0.298. The molecule has 0 aromatic carbocycles. The molecule has 1 atom stereocenters. The van der Waals surface area contributed by atoms with Crippen molar-refractivity contribution in [3.63, 3.8) is 0 Å². The van der Waals surface area contributed by atoms with E-state index in [-0.39, 0.29) is 11.8 Å². The van der Waals surface area contributed by atoms with Crippen molar-refractivity contribution in [2.24, 2.45) is 0 Å². The molecular formula is C11H13N5O. The summed E-state index contributed by atoms with van der Waals surface area (Å²) in [6.45, 7) is 2.35. The number of rotatable bonds is 2. The zero-order chi connectivity index (χ0) is 11.7. The SMILES string of the molecule is O=C(c1ncnc2[nH]ccc12)C1CNCCN1. The molecule has 0 amide bonds. The Labute approximate surface area is 97.8 Å². The molecule has 6 heteroatoms. The van der Waals surface area contributed by atoms with Crippen LogP contribution in [-0.4, -0.2) is 46.4 Å². The summed E-state index contributed by atoms with van der Waals surface area (Å²) in [4.78, 5) is 23.5. The van der Waals surface area contributed by atoms with Crippen LogP contribution in [0.2, 0.25) is 0 Å². The standard InChI is InChI=1S/C11H13N5O/c17-10(8-5-12-3-4-13-8)9-7-1-2-14-11(7)16-6-15-9/h1-2,6,8,12-13H,3-5H2,(H,14,15,16). The van der Waals surface area contributed by atoms with E-state index in [0.29, 0.717) is 17.9 Å². The number of piperazine rings is 1. The number of H-pyrrole nitrogens is 1. The van der Waals surface area contributed by atoms with Gasteiger partial charge in [0.15, 0.2) is 5.78 Å². The van der Waals surface area contributed by atoms with Gasteiger partial charge in [0.1, 0.15) is 17.7 Å². The van der Waals surface area contributed by atoms with Crippen LogP contribution in [0.3, 0.4) is 0 Å². The molecule has 0 bridgehead atoms. The van der Waals surface area contributed by atoms with E-state index in [1.807, 2.05) is 6.07 Å². The summed E-state index contributed by atoms with van der Waals surface area (Å²) < 4.78 is 0. The van der Waals surface area contributed by atoms with Crippen LogP contribution in [-0.2, 0) is 0 Å². The number of nitrogens with zero attached hydrogens (tertiary/aromatic N) is 2. The van der Waals surface area contributed by atoms with E-state index in [1.165, 1.54) is 6.33 Å². The quantitative estimate of drug-likeness (QED) is 0.618. The van der Waals surface area contributed by atoms with Gasteiger partial charge in [0.2, 0.25) is 0 Å². The van der Waals surface area contributed by atoms with E-state index < -0.39 is 0 Å². The number of hydrogen-bond acceptors (Lipinski definition) is 5. The van der Waals surface area contributed by atoms with Gasteiger partial charge in [-0.25, -0.2) is 9.97 Å². The van der Waals surface area contributed by atoms with Crippen molar-refractivity contribution in [1.29, 1.82) is 0 Å². The van der Waals surface area contributed by atoms with Gasteiger partial charge in [-0.3, -0.25) is 4.79 Å². The van der Waals surface area contributed by atoms with Crippen molar-refractivity contribution in [1.82, 2.24) is 25.6 Å². The summed E-state index contributed by atoms with van der Waals surface area (Å²) >= 11 is 0. The van der Waals surface area contributed by atoms with Gasteiger partial charge in [0.25, 0.3) is 0 Å². The Bertz CT molecular complexity index is 544. The molecule has 1 aliphatic heterocycles. The second-order valence-electron chi connectivity index (χ2n) is 4.04. The van der Waals surface area contributed by atoms with Crippen LogP contribution in [0.15, 0.2) is 18.6 Å². The number of hydrogen-bond donors (Lipinski definition) is 3. The number of nitrogens with one attached hydrogen (secondary N) is 3. The van der Waals surface area contributed by atoms with E-state index in [0.717, 1.165) is 18.5 Å². The van der Waals surface area contributed by atoms with Crippen molar-refractivity contribution in [3.05, 3.63) is 24.3 Å². The summed E-state index contributed by atoms with van der Waals surface area (Å²) in [5, 5.41) is 7.17. The molecular weight excluding hydrogens is 218 g/mol. The molecule has 3 heterocycles. The highest BCUT2D eigenvalue weighted by Crippen LogP contribution is 2.14. The lowest BCUT2D eigenvalue weighted by atomic mass is 10.1. The molecule has 1 aliphatic rings. The maximum absolute atomic E-state index is 12.3.